The van der Waals surface area contributed by atoms with Crippen molar-refractivity contribution in [3.8, 4) is 17.1 Å². The molecule has 4 nitrogen and oxygen atoms in total. The van der Waals surface area contributed by atoms with Gasteiger partial charge in [-0.25, -0.2) is 4.98 Å². The molecule has 2 aromatic heterocycles. The minimum absolute atomic E-state index is 0.0615. The third-order valence-electron chi connectivity index (χ3n) is 6.00. The van der Waals surface area contributed by atoms with E-state index in [9.17, 15) is 13.2 Å². The van der Waals surface area contributed by atoms with E-state index in [-0.39, 0.29) is 24.0 Å². The Bertz CT molecular complexity index is 1460. The summed E-state index contributed by atoms with van der Waals surface area (Å²) in [6.45, 7) is 1.82. The number of halogens is 5. The lowest BCUT2D eigenvalue weighted by Gasteiger charge is -2.13. The van der Waals surface area contributed by atoms with Gasteiger partial charge in [0.25, 0.3) is 0 Å². The van der Waals surface area contributed by atoms with Gasteiger partial charge in [-0.05, 0) is 43.5 Å². The number of aryl methyl sites for hydroxylation is 1. The molecule has 4 aromatic rings. The fourth-order valence-electron chi connectivity index (χ4n) is 4.05. The Morgan fingerprint density at radius 1 is 1.03 bits per heavy atom. The van der Waals surface area contributed by atoms with E-state index in [0.717, 1.165) is 24.0 Å². The molecule has 1 aliphatic carbocycles. The van der Waals surface area contributed by atoms with E-state index in [0.29, 0.717) is 32.6 Å². The van der Waals surface area contributed by atoms with Crippen LogP contribution in [-0.4, -0.2) is 10.1 Å². The van der Waals surface area contributed by atoms with E-state index in [1.807, 2.05) is 31.2 Å². The van der Waals surface area contributed by atoms with Gasteiger partial charge in [-0.15, -0.1) is 0 Å². The van der Waals surface area contributed by atoms with Crippen LogP contribution in [0, 0.1) is 6.92 Å². The van der Waals surface area contributed by atoms with Gasteiger partial charge in [0, 0.05) is 23.1 Å². The van der Waals surface area contributed by atoms with Gasteiger partial charge in [-0.3, -0.25) is 0 Å². The quantitative estimate of drug-likeness (QED) is 0.233. The summed E-state index contributed by atoms with van der Waals surface area (Å²) >= 11 is 12.8. The van der Waals surface area contributed by atoms with Crippen molar-refractivity contribution >= 4 is 35.4 Å². The Hall–Kier alpha value is -3.29. The fourth-order valence-corrected chi connectivity index (χ4v) is 4.62. The van der Waals surface area contributed by atoms with Crippen LogP contribution in [0.15, 0.2) is 59.1 Å². The first-order valence-electron chi connectivity index (χ1n) is 11.6. The lowest BCUT2D eigenvalue weighted by Crippen LogP contribution is -2.12. The zero-order valence-electron chi connectivity index (χ0n) is 19.7. The van der Waals surface area contributed by atoms with Crippen molar-refractivity contribution in [2.75, 3.05) is 0 Å². The molecule has 9 heteroatoms. The number of benzene rings is 2. The van der Waals surface area contributed by atoms with Crippen LogP contribution in [-0.2, 0) is 12.8 Å². The van der Waals surface area contributed by atoms with Gasteiger partial charge in [0.1, 0.15) is 18.1 Å². The smallest absolute Gasteiger partial charge is 0.434 e. The molecule has 5 rings (SSSR count). The molecule has 0 aliphatic heterocycles. The summed E-state index contributed by atoms with van der Waals surface area (Å²) in [6.07, 6.45) is 0.209. The lowest BCUT2D eigenvalue weighted by molar-refractivity contribution is -0.141. The fraction of sp³-hybridized carbons (Fsp3) is 0.214. The highest BCUT2D eigenvalue weighted by Gasteiger charge is 2.36. The molecule has 0 bridgehead atoms. The molecular weight excluding hydrogens is 524 g/mol. The minimum Gasteiger partial charge on any atom is -0.473 e. The molecule has 2 heterocycles. The maximum atomic E-state index is 13.9. The van der Waals surface area contributed by atoms with Crippen LogP contribution in [0.25, 0.3) is 23.4 Å². The van der Waals surface area contributed by atoms with Crippen LogP contribution in [0.2, 0.25) is 10.0 Å². The number of nitrogens with zero attached hydrogens (tertiary/aromatic N) is 2. The predicted molar refractivity (Wildman–Crippen MR) is 138 cm³/mol. The second-order valence-corrected chi connectivity index (χ2v) is 9.68. The summed E-state index contributed by atoms with van der Waals surface area (Å²) in [5.74, 6) is 0.632. The normalized spacial score (nSPS) is 13.9. The summed E-state index contributed by atoms with van der Waals surface area (Å²) < 4.78 is 53.0. The second-order valence-electron chi connectivity index (χ2n) is 8.87. The van der Waals surface area contributed by atoms with E-state index < -0.39 is 11.9 Å². The first-order valence-corrected chi connectivity index (χ1v) is 12.3. The number of hydrogen-bond donors (Lipinski definition) is 0. The summed E-state index contributed by atoms with van der Waals surface area (Å²) in [5.41, 5.74) is 2.20. The van der Waals surface area contributed by atoms with Crippen molar-refractivity contribution in [2.24, 2.45) is 0 Å². The molecular formula is C28H21Cl2F3N2O2. The zero-order chi connectivity index (χ0) is 26.2. The molecule has 1 aliphatic rings. The molecule has 0 unspecified atom stereocenters. The van der Waals surface area contributed by atoms with Crippen LogP contribution >= 0.6 is 23.2 Å². The summed E-state index contributed by atoms with van der Waals surface area (Å²) in [5, 5.41) is 4.94. The van der Waals surface area contributed by atoms with E-state index in [1.165, 1.54) is 18.2 Å². The Morgan fingerprint density at radius 3 is 2.43 bits per heavy atom. The lowest BCUT2D eigenvalue weighted by atomic mass is 10.0. The maximum Gasteiger partial charge on any atom is 0.434 e. The Morgan fingerprint density at radius 2 is 1.76 bits per heavy atom. The highest BCUT2D eigenvalue weighted by molar-refractivity contribution is 6.39. The summed E-state index contributed by atoms with van der Waals surface area (Å²) in [7, 11) is 0. The summed E-state index contributed by atoms with van der Waals surface area (Å²) in [4.78, 5) is 3.80. The van der Waals surface area contributed by atoms with Crippen molar-refractivity contribution in [1.82, 2.24) is 10.1 Å². The highest BCUT2D eigenvalue weighted by Crippen LogP contribution is 2.46. The van der Waals surface area contributed by atoms with Crippen LogP contribution in [0.3, 0.4) is 0 Å². The standard InChI is InChI=1S/C28H21Cl2F3N2O2/c1-16-4-2-5-17(14-16)8-9-19-12-13-23(34-27(19)28(31,32)33)36-15-20-25(35-37-26(20)18-10-11-18)24-21(29)6-3-7-22(24)30/h2-9,12-14,18H,10-11,15H2,1H3/b9-8+. The maximum absolute atomic E-state index is 13.9. The third-order valence-corrected chi connectivity index (χ3v) is 6.63. The van der Waals surface area contributed by atoms with Gasteiger partial charge in [-0.1, -0.05) is 76.4 Å². The molecule has 2 aromatic carbocycles. The number of ether oxygens (including phenoxy) is 1. The Kier molecular flexibility index (Phi) is 7.01. The van der Waals surface area contributed by atoms with Gasteiger partial charge in [0.15, 0.2) is 5.69 Å². The van der Waals surface area contributed by atoms with E-state index in [4.69, 9.17) is 32.5 Å². The molecule has 1 saturated carbocycles. The number of hydrogen-bond acceptors (Lipinski definition) is 4. The van der Waals surface area contributed by atoms with Crippen molar-refractivity contribution in [1.29, 1.82) is 0 Å². The topological polar surface area (TPSA) is 48.2 Å². The monoisotopic (exact) mass is 544 g/mol. The highest BCUT2D eigenvalue weighted by atomic mass is 35.5. The van der Waals surface area contributed by atoms with Crippen molar-refractivity contribution in [2.45, 2.75) is 38.5 Å². The van der Waals surface area contributed by atoms with Crippen LogP contribution in [0.1, 0.15) is 52.5 Å². The number of alkyl halides is 3. The largest absolute Gasteiger partial charge is 0.473 e. The van der Waals surface area contributed by atoms with Gasteiger partial charge in [0.2, 0.25) is 5.88 Å². The molecule has 1 fully saturated rings. The number of rotatable bonds is 7. The third kappa shape index (κ3) is 5.68. The molecule has 0 radical (unpaired) electrons. The minimum atomic E-state index is -4.67. The average Bonchev–Trinajstić information content (AvgIpc) is 3.61. The molecule has 0 atom stereocenters. The number of pyridine rings is 1. The van der Waals surface area contributed by atoms with E-state index in [1.54, 1.807) is 24.3 Å². The van der Waals surface area contributed by atoms with Crippen molar-refractivity contribution < 1.29 is 22.4 Å². The molecule has 0 amide bonds. The first-order chi connectivity index (χ1) is 17.7. The Balaban J connectivity index is 1.44. The SMILES string of the molecule is Cc1cccc(/C=C/c2ccc(OCc3c(-c4c(Cl)cccc4Cl)noc3C3CC3)nc2C(F)(F)F)c1. The molecule has 0 N–H and O–H groups in total. The average molecular weight is 545 g/mol. The van der Waals surface area contributed by atoms with Crippen LogP contribution < -0.4 is 4.74 Å². The van der Waals surface area contributed by atoms with E-state index >= 15 is 0 Å². The van der Waals surface area contributed by atoms with Crippen LogP contribution in [0.5, 0.6) is 5.88 Å². The van der Waals surface area contributed by atoms with Gasteiger partial charge < -0.3 is 9.26 Å². The van der Waals surface area contributed by atoms with Crippen LogP contribution in [0.4, 0.5) is 13.2 Å². The zero-order valence-corrected chi connectivity index (χ0v) is 21.2. The Labute approximate surface area is 221 Å². The molecule has 190 valence electrons. The van der Waals surface area contributed by atoms with Gasteiger partial charge >= 0.3 is 6.18 Å². The van der Waals surface area contributed by atoms with Crippen molar-refractivity contribution in [3.63, 3.8) is 0 Å². The van der Waals surface area contributed by atoms with Gasteiger partial charge in [0.05, 0.1) is 15.6 Å². The number of aromatic nitrogens is 2. The first kappa shape index (κ1) is 25.4. The predicted octanol–water partition coefficient (Wildman–Crippen LogP) is 9.00. The second kappa shape index (κ2) is 10.2. The van der Waals surface area contributed by atoms with Crippen molar-refractivity contribution in [3.05, 3.63) is 98.4 Å². The molecule has 0 spiro atoms. The molecule has 0 saturated heterocycles. The van der Waals surface area contributed by atoms with E-state index in [2.05, 4.69) is 10.1 Å². The summed E-state index contributed by atoms with van der Waals surface area (Å²) in [6, 6.07) is 15.3. The molecule has 37 heavy (non-hydrogen) atoms. The van der Waals surface area contributed by atoms with Gasteiger partial charge in [-0.2, -0.15) is 13.2 Å².